The van der Waals surface area contributed by atoms with Crippen molar-refractivity contribution in [2.45, 2.75) is 26.2 Å². The average molecular weight is 189 g/mol. The van der Waals surface area contributed by atoms with Gasteiger partial charge in [-0.1, -0.05) is 31.2 Å². The van der Waals surface area contributed by atoms with Gasteiger partial charge < -0.3 is 5.41 Å². The number of hydrogen-bond donors (Lipinski definition) is 1. The Morgan fingerprint density at radius 2 is 2.00 bits per heavy atom. The summed E-state index contributed by atoms with van der Waals surface area (Å²) in [7, 11) is 0. The van der Waals surface area contributed by atoms with Crippen molar-refractivity contribution >= 4 is 12.0 Å². The Bertz CT molecular complexity index is 331. The van der Waals surface area contributed by atoms with Crippen molar-refractivity contribution < 1.29 is 4.79 Å². The van der Waals surface area contributed by atoms with E-state index in [1.54, 1.807) is 0 Å². The van der Waals surface area contributed by atoms with Crippen molar-refractivity contribution in [3.63, 3.8) is 0 Å². The minimum atomic E-state index is -0.101. The zero-order chi connectivity index (χ0) is 10.4. The Morgan fingerprint density at radius 3 is 2.57 bits per heavy atom. The highest BCUT2D eigenvalue weighted by molar-refractivity contribution is 6.26. The topological polar surface area (TPSA) is 40.9 Å². The Kier molecular flexibility index (Phi) is 4.05. The molecule has 0 fully saturated rings. The van der Waals surface area contributed by atoms with Crippen LogP contribution in [0.15, 0.2) is 24.3 Å². The average Bonchev–Trinajstić information content (AvgIpc) is 2.26. The fourth-order valence-corrected chi connectivity index (χ4v) is 1.48. The molecule has 1 rings (SSSR count). The number of carbonyl (C=O) groups excluding carboxylic acids is 1. The molecule has 14 heavy (non-hydrogen) atoms. The first-order valence-electron chi connectivity index (χ1n) is 4.88. The van der Waals surface area contributed by atoms with Crippen molar-refractivity contribution in [1.82, 2.24) is 0 Å². The first-order valence-corrected chi connectivity index (χ1v) is 4.88. The summed E-state index contributed by atoms with van der Waals surface area (Å²) < 4.78 is 0. The summed E-state index contributed by atoms with van der Waals surface area (Å²) in [4.78, 5) is 10.9. The molecule has 0 unspecified atom stereocenters. The minimum absolute atomic E-state index is 0.101. The zero-order valence-electron chi connectivity index (χ0n) is 8.42. The van der Waals surface area contributed by atoms with Crippen molar-refractivity contribution in [3.05, 3.63) is 35.4 Å². The van der Waals surface area contributed by atoms with Crippen LogP contribution in [0.5, 0.6) is 0 Å². The number of nitrogens with one attached hydrogen (secondary N) is 1. The molecule has 0 saturated heterocycles. The maximum Gasteiger partial charge on any atom is 0.173 e. The van der Waals surface area contributed by atoms with Crippen molar-refractivity contribution in [3.8, 4) is 0 Å². The van der Waals surface area contributed by atoms with Crippen LogP contribution in [0, 0.1) is 5.41 Å². The van der Waals surface area contributed by atoms with Gasteiger partial charge in [0.05, 0.1) is 6.21 Å². The highest BCUT2D eigenvalue weighted by Gasteiger charge is 2.02. The van der Waals surface area contributed by atoms with Crippen LogP contribution in [0.1, 0.15) is 24.5 Å². The second-order valence-electron chi connectivity index (χ2n) is 3.23. The molecule has 1 aromatic carbocycles. The van der Waals surface area contributed by atoms with E-state index in [0.29, 0.717) is 6.42 Å². The van der Waals surface area contributed by atoms with Crippen LogP contribution in [0.4, 0.5) is 0 Å². The van der Waals surface area contributed by atoms with Gasteiger partial charge in [0.15, 0.2) is 5.78 Å². The molecule has 0 heterocycles. The molecule has 2 nitrogen and oxygen atoms in total. The van der Waals surface area contributed by atoms with Gasteiger partial charge >= 0.3 is 0 Å². The van der Waals surface area contributed by atoms with Crippen LogP contribution in [-0.4, -0.2) is 12.0 Å². The maximum atomic E-state index is 10.9. The third kappa shape index (κ3) is 2.80. The van der Waals surface area contributed by atoms with E-state index in [0.717, 1.165) is 19.1 Å². The van der Waals surface area contributed by atoms with Crippen LogP contribution < -0.4 is 0 Å². The molecule has 0 bridgehead atoms. The molecule has 2 heteroatoms. The fourth-order valence-electron chi connectivity index (χ4n) is 1.48. The Hall–Kier alpha value is -1.44. The lowest BCUT2D eigenvalue weighted by Crippen LogP contribution is -2.02. The van der Waals surface area contributed by atoms with Crippen molar-refractivity contribution in [2.24, 2.45) is 0 Å². The Balaban J connectivity index is 2.66. The standard InChI is InChI=1S/C12H15NO/c1-2-10-5-3-4-6-11(10)7-8-12(14)9-13/h3-6,9,13H,2,7-8H2,1H3. The van der Waals surface area contributed by atoms with E-state index in [1.807, 2.05) is 12.1 Å². The van der Waals surface area contributed by atoms with Gasteiger partial charge in [-0.05, 0) is 24.0 Å². The minimum Gasteiger partial charge on any atom is -0.305 e. The number of carbonyl (C=O) groups is 1. The fraction of sp³-hybridized carbons (Fsp3) is 0.333. The van der Waals surface area contributed by atoms with Crippen LogP contribution in [0.3, 0.4) is 0 Å². The van der Waals surface area contributed by atoms with E-state index >= 15 is 0 Å². The maximum absolute atomic E-state index is 10.9. The van der Waals surface area contributed by atoms with E-state index in [9.17, 15) is 4.79 Å². The summed E-state index contributed by atoms with van der Waals surface area (Å²) in [5.74, 6) is -0.101. The molecule has 0 aromatic heterocycles. The third-order valence-corrected chi connectivity index (χ3v) is 2.30. The van der Waals surface area contributed by atoms with E-state index in [1.165, 1.54) is 11.1 Å². The SMILES string of the molecule is CCc1ccccc1CCC(=O)C=N. The Morgan fingerprint density at radius 1 is 1.36 bits per heavy atom. The second kappa shape index (κ2) is 5.32. The first kappa shape index (κ1) is 10.6. The lowest BCUT2D eigenvalue weighted by molar-refractivity contribution is -0.112. The van der Waals surface area contributed by atoms with Crippen LogP contribution >= 0.6 is 0 Å². The lowest BCUT2D eigenvalue weighted by atomic mass is 10.0. The summed E-state index contributed by atoms with van der Waals surface area (Å²) in [6.45, 7) is 2.11. The van der Waals surface area contributed by atoms with Crippen molar-refractivity contribution in [2.75, 3.05) is 0 Å². The molecular weight excluding hydrogens is 174 g/mol. The summed E-state index contributed by atoms with van der Waals surface area (Å²) >= 11 is 0. The number of hydrogen-bond acceptors (Lipinski definition) is 2. The molecule has 0 amide bonds. The molecule has 1 N–H and O–H groups in total. The van der Waals surface area contributed by atoms with E-state index in [-0.39, 0.29) is 5.78 Å². The van der Waals surface area contributed by atoms with Gasteiger partial charge in [0.1, 0.15) is 0 Å². The molecule has 0 aliphatic carbocycles. The number of rotatable bonds is 5. The molecule has 74 valence electrons. The zero-order valence-corrected chi connectivity index (χ0v) is 8.42. The van der Waals surface area contributed by atoms with E-state index in [4.69, 9.17) is 5.41 Å². The predicted molar refractivity (Wildman–Crippen MR) is 57.9 cm³/mol. The summed E-state index contributed by atoms with van der Waals surface area (Å²) in [6.07, 6.45) is 3.09. The highest BCUT2D eigenvalue weighted by atomic mass is 16.1. The van der Waals surface area contributed by atoms with E-state index in [2.05, 4.69) is 19.1 Å². The summed E-state index contributed by atoms with van der Waals surface area (Å²) in [5.41, 5.74) is 2.52. The van der Waals surface area contributed by atoms with Gasteiger partial charge in [-0.2, -0.15) is 0 Å². The smallest absolute Gasteiger partial charge is 0.173 e. The first-order chi connectivity index (χ1) is 6.77. The number of benzene rings is 1. The molecule has 1 aromatic rings. The van der Waals surface area contributed by atoms with Gasteiger partial charge in [0.25, 0.3) is 0 Å². The Labute approximate surface area is 84.5 Å². The summed E-state index contributed by atoms with van der Waals surface area (Å²) in [6, 6.07) is 8.14. The monoisotopic (exact) mass is 189 g/mol. The van der Waals surface area contributed by atoms with E-state index < -0.39 is 0 Å². The number of aryl methyl sites for hydroxylation is 2. The van der Waals surface area contributed by atoms with Crippen LogP contribution in [0.2, 0.25) is 0 Å². The van der Waals surface area contributed by atoms with Gasteiger partial charge in [-0.15, -0.1) is 0 Å². The number of Topliss-reactive ketones (excluding diaryl/α,β-unsaturated/α-hetero) is 1. The predicted octanol–water partition coefficient (Wildman–Crippen LogP) is 2.40. The second-order valence-corrected chi connectivity index (χ2v) is 3.23. The molecule has 0 aliphatic rings. The quantitative estimate of drug-likeness (QED) is 0.710. The molecule has 0 atom stereocenters. The highest BCUT2D eigenvalue weighted by Crippen LogP contribution is 2.11. The lowest BCUT2D eigenvalue weighted by Gasteiger charge is -2.05. The van der Waals surface area contributed by atoms with Gasteiger partial charge in [-0.3, -0.25) is 4.79 Å². The van der Waals surface area contributed by atoms with Crippen LogP contribution in [-0.2, 0) is 17.6 Å². The van der Waals surface area contributed by atoms with Crippen molar-refractivity contribution in [1.29, 1.82) is 5.41 Å². The normalized spacial score (nSPS) is 9.79. The van der Waals surface area contributed by atoms with Gasteiger partial charge in [-0.25, -0.2) is 0 Å². The molecule has 0 radical (unpaired) electrons. The molecule has 0 spiro atoms. The largest absolute Gasteiger partial charge is 0.305 e. The molecular formula is C12H15NO. The molecule has 0 saturated carbocycles. The number of ketones is 1. The third-order valence-electron chi connectivity index (χ3n) is 2.30. The van der Waals surface area contributed by atoms with Gasteiger partial charge in [0.2, 0.25) is 0 Å². The van der Waals surface area contributed by atoms with Gasteiger partial charge in [0, 0.05) is 6.42 Å². The summed E-state index contributed by atoms with van der Waals surface area (Å²) in [5, 5.41) is 6.80. The molecule has 0 aliphatic heterocycles. The van der Waals surface area contributed by atoms with Crippen LogP contribution in [0.25, 0.3) is 0 Å².